The highest BCUT2D eigenvalue weighted by molar-refractivity contribution is 5.85. The smallest absolute Gasteiger partial charge is 0.181 e. The summed E-state index contributed by atoms with van der Waals surface area (Å²) in [5.74, 6) is 0.298. The van der Waals surface area contributed by atoms with Gasteiger partial charge >= 0.3 is 0 Å². The molecule has 1 atom stereocenters. The second-order valence-electron chi connectivity index (χ2n) is 5.67. The third-order valence-electron chi connectivity index (χ3n) is 4.05. The molecule has 1 fully saturated rings. The van der Waals surface area contributed by atoms with Gasteiger partial charge in [0, 0.05) is 18.7 Å². The van der Waals surface area contributed by atoms with E-state index in [-0.39, 0.29) is 24.3 Å². The largest absolute Gasteiger partial charge is 0.371 e. The standard InChI is InChI=1S/C18H17FN4O.ClH/c19-15-5-1-14(2-6-15)18-21-12-23(22-18)16-7-3-13(4-8-16)17-11-20-9-10-24-17;/h1-8,12,17,20H,9-11H2;1H. The predicted octanol–water partition coefficient (Wildman–Crippen LogP) is 3.16. The van der Waals surface area contributed by atoms with Crippen LogP contribution in [0.1, 0.15) is 11.7 Å². The molecule has 1 saturated heterocycles. The number of nitrogens with one attached hydrogen (secondary N) is 1. The minimum absolute atomic E-state index is 0. The second kappa shape index (κ2) is 7.74. The van der Waals surface area contributed by atoms with E-state index >= 15 is 0 Å². The SMILES string of the molecule is Cl.Fc1ccc(-c2ncn(-c3ccc(C4CNCCO4)cc3)n2)cc1. The first-order valence-corrected chi connectivity index (χ1v) is 7.90. The number of morpholine rings is 1. The summed E-state index contributed by atoms with van der Waals surface area (Å²) in [6.45, 7) is 2.47. The highest BCUT2D eigenvalue weighted by Crippen LogP contribution is 2.21. The fraction of sp³-hybridized carbons (Fsp3) is 0.222. The van der Waals surface area contributed by atoms with Crippen molar-refractivity contribution in [2.24, 2.45) is 0 Å². The zero-order valence-corrected chi connectivity index (χ0v) is 14.2. The molecule has 4 rings (SSSR count). The van der Waals surface area contributed by atoms with E-state index in [0.29, 0.717) is 5.82 Å². The molecule has 25 heavy (non-hydrogen) atoms. The average Bonchev–Trinajstić information content (AvgIpc) is 3.13. The van der Waals surface area contributed by atoms with Crippen molar-refractivity contribution in [2.75, 3.05) is 19.7 Å². The number of hydrogen-bond donors (Lipinski definition) is 1. The maximum absolute atomic E-state index is 13.0. The van der Waals surface area contributed by atoms with E-state index in [2.05, 4.69) is 15.4 Å². The van der Waals surface area contributed by atoms with Crippen molar-refractivity contribution in [3.8, 4) is 17.1 Å². The van der Waals surface area contributed by atoms with Crippen LogP contribution in [-0.2, 0) is 4.74 Å². The van der Waals surface area contributed by atoms with Gasteiger partial charge in [0.15, 0.2) is 5.82 Å². The molecule has 1 aromatic heterocycles. The Kier molecular flexibility index (Phi) is 5.43. The van der Waals surface area contributed by atoms with Crippen molar-refractivity contribution >= 4 is 12.4 Å². The molecular weight excluding hydrogens is 343 g/mol. The molecule has 1 N–H and O–H groups in total. The molecule has 1 aliphatic heterocycles. The van der Waals surface area contributed by atoms with Crippen LogP contribution in [0.5, 0.6) is 0 Å². The Balaban J connectivity index is 0.00000182. The van der Waals surface area contributed by atoms with E-state index in [1.165, 1.54) is 12.1 Å². The number of rotatable bonds is 3. The predicted molar refractivity (Wildman–Crippen MR) is 95.6 cm³/mol. The first-order chi connectivity index (χ1) is 11.8. The van der Waals surface area contributed by atoms with Gasteiger partial charge in [-0.2, -0.15) is 0 Å². The molecule has 0 saturated carbocycles. The lowest BCUT2D eigenvalue weighted by Crippen LogP contribution is -2.33. The summed E-state index contributed by atoms with van der Waals surface area (Å²) in [5.41, 5.74) is 2.85. The summed E-state index contributed by atoms with van der Waals surface area (Å²) in [7, 11) is 0. The van der Waals surface area contributed by atoms with Gasteiger partial charge in [-0.3, -0.25) is 0 Å². The fourth-order valence-corrected chi connectivity index (χ4v) is 2.74. The van der Waals surface area contributed by atoms with Crippen LogP contribution < -0.4 is 5.32 Å². The molecule has 1 aliphatic rings. The summed E-state index contributed by atoms with van der Waals surface area (Å²) in [6, 6.07) is 14.2. The Morgan fingerprint density at radius 1 is 1.08 bits per heavy atom. The molecule has 1 unspecified atom stereocenters. The van der Waals surface area contributed by atoms with Crippen molar-refractivity contribution in [3.05, 3.63) is 66.2 Å². The Morgan fingerprint density at radius 2 is 1.84 bits per heavy atom. The Morgan fingerprint density at radius 3 is 2.52 bits per heavy atom. The van der Waals surface area contributed by atoms with Crippen LogP contribution in [0.4, 0.5) is 4.39 Å². The van der Waals surface area contributed by atoms with Crippen LogP contribution >= 0.6 is 12.4 Å². The minimum atomic E-state index is -0.270. The number of ether oxygens (including phenoxy) is 1. The van der Waals surface area contributed by atoms with Gasteiger partial charge in [-0.1, -0.05) is 12.1 Å². The molecule has 130 valence electrons. The second-order valence-corrected chi connectivity index (χ2v) is 5.67. The van der Waals surface area contributed by atoms with Gasteiger partial charge < -0.3 is 10.1 Å². The van der Waals surface area contributed by atoms with Gasteiger partial charge in [0.05, 0.1) is 18.4 Å². The van der Waals surface area contributed by atoms with E-state index in [0.717, 1.165) is 36.5 Å². The zero-order chi connectivity index (χ0) is 16.4. The lowest BCUT2D eigenvalue weighted by atomic mass is 10.1. The minimum Gasteiger partial charge on any atom is -0.371 e. The summed E-state index contributed by atoms with van der Waals surface area (Å²) in [6.07, 6.45) is 1.75. The highest BCUT2D eigenvalue weighted by Gasteiger charge is 2.15. The molecule has 0 amide bonds. The Labute approximate surface area is 151 Å². The van der Waals surface area contributed by atoms with E-state index < -0.39 is 0 Å². The quantitative estimate of drug-likeness (QED) is 0.779. The Bertz CT molecular complexity index is 814. The van der Waals surface area contributed by atoms with E-state index in [4.69, 9.17) is 4.74 Å². The molecule has 2 heterocycles. The van der Waals surface area contributed by atoms with Crippen LogP contribution in [0.25, 0.3) is 17.1 Å². The topological polar surface area (TPSA) is 52.0 Å². The zero-order valence-electron chi connectivity index (χ0n) is 13.4. The van der Waals surface area contributed by atoms with Crippen molar-refractivity contribution in [1.82, 2.24) is 20.1 Å². The van der Waals surface area contributed by atoms with E-state index in [1.807, 2.05) is 24.3 Å². The van der Waals surface area contributed by atoms with Crippen molar-refractivity contribution in [2.45, 2.75) is 6.10 Å². The van der Waals surface area contributed by atoms with Gasteiger partial charge in [0.25, 0.3) is 0 Å². The average molecular weight is 361 g/mol. The summed E-state index contributed by atoms with van der Waals surface area (Å²) < 4.78 is 20.5. The maximum atomic E-state index is 13.0. The highest BCUT2D eigenvalue weighted by atomic mass is 35.5. The van der Waals surface area contributed by atoms with E-state index in [9.17, 15) is 4.39 Å². The van der Waals surface area contributed by atoms with Crippen molar-refractivity contribution in [1.29, 1.82) is 0 Å². The molecule has 0 spiro atoms. The molecule has 5 nitrogen and oxygen atoms in total. The molecule has 0 bridgehead atoms. The van der Waals surface area contributed by atoms with Crippen LogP contribution in [0.2, 0.25) is 0 Å². The van der Waals surface area contributed by atoms with Gasteiger partial charge in [-0.25, -0.2) is 14.1 Å². The Hall–Kier alpha value is -2.28. The number of nitrogens with zero attached hydrogens (tertiary/aromatic N) is 3. The molecule has 0 radical (unpaired) electrons. The van der Waals surface area contributed by atoms with Crippen molar-refractivity contribution in [3.63, 3.8) is 0 Å². The number of halogens is 2. The summed E-state index contributed by atoms with van der Waals surface area (Å²) in [4.78, 5) is 4.30. The van der Waals surface area contributed by atoms with Gasteiger partial charge in [-0.15, -0.1) is 17.5 Å². The van der Waals surface area contributed by atoms with Crippen LogP contribution in [0.3, 0.4) is 0 Å². The van der Waals surface area contributed by atoms with Gasteiger partial charge in [-0.05, 0) is 42.0 Å². The molecule has 7 heteroatoms. The summed E-state index contributed by atoms with van der Waals surface area (Å²) in [5, 5.41) is 7.79. The summed E-state index contributed by atoms with van der Waals surface area (Å²) >= 11 is 0. The van der Waals surface area contributed by atoms with Crippen LogP contribution in [0, 0.1) is 5.82 Å². The molecule has 3 aromatic rings. The van der Waals surface area contributed by atoms with Gasteiger partial charge in [0.2, 0.25) is 0 Å². The molecule has 0 aliphatic carbocycles. The number of benzene rings is 2. The normalized spacial score (nSPS) is 17.1. The van der Waals surface area contributed by atoms with Crippen molar-refractivity contribution < 1.29 is 9.13 Å². The number of hydrogen-bond acceptors (Lipinski definition) is 4. The molecule has 2 aromatic carbocycles. The lowest BCUT2D eigenvalue weighted by molar-refractivity contribution is 0.0277. The first-order valence-electron chi connectivity index (χ1n) is 7.90. The van der Waals surface area contributed by atoms with Crippen LogP contribution in [-0.4, -0.2) is 34.5 Å². The van der Waals surface area contributed by atoms with E-state index in [1.54, 1.807) is 23.1 Å². The maximum Gasteiger partial charge on any atom is 0.181 e. The van der Waals surface area contributed by atoms with Gasteiger partial charge in [0.1, 0.15) is 12.1 Å². The molecular formula is C18H18ClFN4O. The number of aromatic nitrogens is 3. The monoisotopic (exact) mass is 360 g/mol. The first kappa shape index (κ1) is 17.5. The van der Waals surface area contributed by atoms with Crippen LogP contribution in [0.15, 0.2) is 54.9 Å². The third kappa shape index (κ3) is 3.87. The fourth-order valence-electron chi connectivity index (χ4n) is 2.74. The third-order valence-corrected chi connectivity index (χ3v) is 4.05. The lowest BCUT2D eigenvalue weighted by Gasteiger charge is -2.24.